The SMILES string of the molecule is CCCNC(CC)CSCC(=O)OCC. The Labute approximate surface area is 97.3 Å². The minimum absolute atomic E-state index is 0.104. The van der Waals surface area contributed by atoms with E-state index in [4.69, 9.17) is 4.74 Å². The van der Waals surface area contributed by atoms with Gasteiger partial charge < -0.3 is 10.1 Å². The molecule has 0 radical (unpaired) electrons. The van der Waals surface area contributed by atoms with Crippen LogP contribution in [0.3, 0.4) is 0 Å². The minimum Gasteiger partial charge on any atom is -0.465 e. The molecule has 0 aliphatic rings. The van der Waals surface area contributed by atoms with Crippen LogP contribution in [0, 0.1) is 0 Å². The molecular weight excluding hydrogens is 210 g/mol. The molecule has 0 aromatic rings. The molecule has 15 heavy (non-hydrogen) atoms. The standard InChI is InChI=1S/C11H23NO2S/c1-4-7-12-10(5-2)8-15-9-11(13)14-6-3/h10,12H,4-9H2,1-3H3. The highest BCUT2D eigenvalue weighted by molar-refractivity contribution is 7.99. The fraction of sp³-hybridized carbons (Fsp3) is 0.909. The molecule has 0 aromatic carbocycles. The van der Waals surface area contributed by atoms with Gasteiger partial charge in [-0.25, -0.2) is 0 Å². The summed E-state index contributed by atoms with van der Waals surface area (Å²) in [5.41, 5.74) is 0. The van der Waals surface area contributed by atoms with Crippen molar-refractivity contribution >= 4 is 17.7 Å². The monoisotopic (exact) mass is 233 g/mol. The van der Waals surface area contributed by atoms with Crippen molar-refractivity contribution in [2.24, 2.45) is 0 Å². The van der Waals surface area contributed by atoms with Crippen molar-refractivity contribution in [1.29, 1.82) is 0 Å². The summed E-state index contributed by atoms with van der Waals surface area (Å²) >= 11 is 1.65. The highest BCUT2D eigenvalue weighted by Gasteiger charge is 2.07. The molecule has 0 aliphatic heterocycles. The summed E-state index contributed by atoms with van der Waals surface area (Å²) in [7, 11) is 0. The maximum absolute atomic E-state index is 11.1. The van der Waals surface area contributed by atoms with Crippen molar-refractivity contribution in [3.63, 3.8) is 0 Å². The Kier molecular flexibility index (Phi) is 10.2. The lowest BCUT2D eigenvalue weighted by molar-refractivity contribution is -0.139. The van der Waals surface area contributed by atoms with Gasteiger partial charge >= 0.3 is 5.97 Å². The van der Waals surface area contributed by atoms with Gasteiger partial charge in [0, 0.05) is 11.8 Å². The summed E-state index contributed by atoms with van der Waals surface area (Å²) in [6, 6.07) is 0.518. The number of carbonyl (C=O) groups is 1. The zero-order chi connectivity index (χ0) is 11.5. The molecule has 1 N–H and O–H groups in total. The van der Waals surface area contributed by atoms with E-state index in [1.807, 2.05) is 6.92 Å². The predicted molar refractivity (Wildman–Crippen MR) is 66.3 cm³/mol. The zero-order valence-electron chi connectivity index (χ0n) is 10.0. The molecule has 0 rings (SSSR count). The van der Waals surface area contributed by atoms with Crippen molar-refractivity contribution < 1.29 is 9.53 Å². The molecule has 0 heterocycles. The van der Waals surface area contributed by atoms with Crippen LogP contribution in [-0.4, -0.2) is 36.7 Å². The van der Waals surface area contributed by atoms with Crippen LogP contribution in [-0.2, 0) is 9.53 Å². The van der Waals surface area contributed by atoms with Gasteiger partial charge in [-0.1, -0.05) is 13.8 Å². The van der Waals surface area contributed by atoms with Gasteiger partial charge in [0.2, 0.25) is 0 Å². The second-order valence-corrected chi connectivity index (χ2v) is 4.41. The number of ether oxygens (including phenoxy) is 1. The lowest BCUT2D eigenvalue weighted by Gasteiger charge is -2.15. The number of hydrogen-bond donors (Lipinski definition) is 1. The molecule has 3 nitrogen and oxygen atoms in total. The molecule has 0 spiro atoms. The molecule has 0 fully saturated rings. The van der Waals surface area contributed by atoms with Crippen molar-refractivity contribution in [2.45, 2.75) is 39.7 Å². The number of esters is 1. The average molecular weight is 233 g/mol. The minimum atomic E-state index is -0.104. The highest BCUT2D eigenvalue weighted by atomic mass is 32.2. The zero-order valence-corrected chi connectivity index (χ0v) is 10.9. The summed E-state index contributed by atoms with van der Waals surface area (Å²) in [6.07, 6.45) is 2.26. The first-order chi connectivity index (χ1) is 7.24. The van der Waals surface area contributed by atoms with Gasteiger partial charge in [0.05, 0.1) is 12.4 Å². The second-order valence-electron chi connectivity index (χ2n) is 3.38. The number of carbonyl (C=O) groups excluding carboxylic acids is 1. The maximum Gasteiger partial charge on any atom is 0.315 e. The first kappa shape index (κ1) is 14.8. The second kappa shape index (κ2) is 10.3. The van der Waals surface area contributed by atoms with E-state index in [1.54, 1.807) is 11.8 Å². The predicted octanol–water partition coefficient (Wildman–Crippen LogP) is 2.06. The van der Waals surface area contributed by atoms with E-state index >= 15 is 0 Å². The third-order valence-electron chi connectivity index (χ3n) is 2.02. The third kappa shape index (κ3) is 8.75. The first-order valence-corrected chi connectivity index (χ1v) is 6.86. The van der Waals surface area contributed by atoms with Gasteiger partial charge in [0.1, 0.15) is 0 Å². The van der Waals surface area contributed by atoms with Gasteiger partial charge in [0.25, 0.3) is 0 Å². The van der Waals surface area contributed by atoms with Crippen LogP contribution in [0.5, 0.6) is 0 Å². The van der Waals surface area contributed by atoms with Gasteiger partial charge in [-0.2, -0.15) is 0 Å². The van der Waals surface area contributed by atoms with Gasteiger partial charge in [0.15, 0.2) is 0 Å². The van der Waals surface area contributed by atoms with Crippen molar-refractivity contribution in [3.05, 3.63) is 0 Å². The van der Waals surface area contributed by atoms with E-state index in [-0.39, 0.29) is 5.97 Å². The molecular formula is C11H23NO2S. The van der Waals surface area contributed by atoms with Crippen LogP contribution >= 0.6 is 11.8 Å². The van der Waals surface area contributed by atoms with Crippen LogP contribution in [0.15, 0.2) is 0 Å². The fourth-order valence-electron chi connectivity index (χ4n) is 1.16. The summed E-state index contributed by atoms with van der Waals surface area (Å²) in [6.45, 7) is 7.69. The topological polar surface area (TPSA) is 38.3 Å². The van der Waals surface area contributed by atoms with E-state index in [0.29, 0.717) is 18.4 Å². The van der Waals surface area contributed by atoms with Gasteiger partial charge in [-0.3, -0.25) is 4.79 Å². The van der Waals surface area contributed by atoms with E-state index < -0.39 is 0 Å². The van der Waals surface area contributed by atoms with Crippen LogP contribution < -0.4 is 5.32 Å². The third-order valence-corrected chi connectivity index (χ3v) is 3.10. The Morgan fingerprint density at radius 2 is 2.13 bits per heavy atom. The molecule has 0 aliphatic carbocycles. The lowest BCUT2D eigenvalue weighted by Crippen LogP contribution is -2.31. The Hall–Kier alpha value is -0.220. The van der Waals surface area contributed by atoms with Crippen LogP contribution in [0.2, 0.25) is 0 Å². The van der Waals surface area contributed by atoms with Crippen molar-refractivity contribution in [2.75, 3.05) is 24.7 Å². The molecule has 0 amide bonds. The van der Waals surface area contributed by atoms with Crippen LogP contribution in [0.25, 0.3) is 0 Å². The summed E-state index contributed by atoms with van der Waals surface area (Å²) in [5, 5.41) is 3.45. The van der Waals surface area contributed by atoms with Crippen LogP contribution in [0.4, 0.5) is 0 Å². The smallest absolute Gasteiger partial charge is 0.315 e. The van der Waals surface area contributed by atoms with Crippen molar-refractivity contribution in [3.8, 4) is 0 Å². The molecule has 0 saturated heterocycles. The quantitative estimate of drug-likeness (QED) is 0.619. The highest BCUT2D eigenvalue weighted by Crippen LogP contribution is 2.06. The van der Waals surface area contributed by atoms with E-state index in [9.17, 15) is 4.79 Å². The molecule has 1 atom stereocenters. The number of thioether (sulfide) groups is 1. The number of hydrogen-bond acceptors (Lipinski definition) is 4. The molecule has 1 unspecified atom stereocenters. The van der Waals surface area contributed by atoms with Crippen LogP contribution in [0.1, 0.15) is 33.6 Å². The van der Waals surface area contributed by atoms with E-state index in [1.165, 1.54) is 0 Å². The summed E-state index contributed by atoms with van der Waals surface area (Å²) in [5.74, 6) is 1.35. The normalized spacial score (nSPS) is 12.5. The summed E-state index contributed by atoms with van der Waals surface area (Å²) in [4.78, 5) is 11.1. The van der Waals surface area contributed by atoms with E-state index in [2.05, 4.69) is 19.2 Å². The Bertz CT molecular complexity index is 165. The van der Waals surface area contributed by atoms with Crippen molar-refractivity contribution in [1.82, 2.24) is 5.32 Å². The Balaban J connectivity index is 3.49. The summed E-state index contributed by atoms with van der Waals surface area (Å²) < 4.78 is 4.86. The number of nitrogens with one attached hydrogen (secondary N) is 1. The lowest BCUT2D eigenvalue weighted by atomic mass is 10.2. The molecule has 0 bridgehead atoms. The van der Waals surface area contributed by atoms with Gasteiger partial charge in [-0.15, -0.1) is 11.8 Å². The van der Waals surface area contributed by atoms with Gasteiger partial charge in [-0.05, 0) is 26.3 Å². The molecule has 0 saturated carbocycles. The maximum atomic E-state index is 11.1. The molecule has 4 heteroatoms. The molecule has 90 valence electrons. The molecule has 0 aromatic heterocycles. The Morgan fingerprint density at radius 1 is 1.40 bits per heavy atom. The average Bonchev–Trinajstić information content (AvgIpc) is 2.23. The first-order valence-electron chi connectivity index (χ1n) is 5.71. The fourth-order valence-corrected chi connectivity index (χ4v) is 2.16. The largest absolute Gasteiger partial charge is 0.465 e. The Morgan fingerprint density at radius 3 is 2.67 bits per heavy atom. The number of rotatable bonds is 9. The van der Waals surface area contributed by atoms with E-state index in [0.717, 1.165) is 25.1 Å².